The van der Waals surface area contributed by atoms with Crippen LogP contribution in [-0.4, -0.2) is 29.1 Å². The molecule has 1 N–H and O–H groups in total. The maximum Gasteiger partial charge on any atom is 0.0947 e. The number of rotatable bonds is 4. The number of benzene rings is 1. The highest BCUT2D eigenvalue weighted by Crippen LogP contribution is 2.28. The van der Waals surface area contributed by atoms with Crippen molar-refractivity contribution in [2.75, 3.05) is 13.1 Å². The van der Waals surface area contributed by atoms with Crippen molar-refractivity contribution in [2.24, 2.45) is 5.92 Å². The van der Waals surface area contributed by atoms with Gasteiger partial charge in [-0.1, -0.05) is 57.0 Å². The van der Waals surface area contributed by atoms with Crippen LogP contribution in [0.5, 0.6) is 0 Å². The molecule has 1 fully saturated rings. The van der Waals surface area contributed by atoms with Gasteiger partial charge in [0.25, 0.3) is 0 Å². The van der Waals surface area contributed by atoms with Gasteiger partial charge in [-0.15, -0.1) is 0 Å². The molecule has 106 valence electrons. The molecule has 1 aromatic rings. The molecule has 2 unspecified atom stereocenters. The summed E-state index contributed by atoms with van der Waals surface area (Å²) in [7, 11) is 0. The summed E-state index contributed by atoms with van der Waals surface area (Å²) in [6, 6.07) is 10.3. The Balaban J connectivity index is 2.14. The molecule has 1 aromatic carbocycles. The maximum absolute atomic E-state index is 10.8. The van der Waals surface area contributed by atoms with Crippen LogP contribution in [-0.2, 0) is 0 Å². The first-order chi connectivity index (χ1) is 9.20. The van der Waals surface area contributed by atoms with Crippen molar-refractivity contribution in [3.63, 3.8) is 0 Å². The van der Waals surface area contributed by atoms with Gasteiger partial charge in [0.15, 0.2) is 0 Å². The summed E-state index contributed by atoms with van der Waals surface area (Å²) in [5.41, 5.74) is 1.05. The van der Waals surface area contributed by atoms with Gasteiger partial charge < -0.3 is 5.11 Å². The summed E-state index contributed by atoms with van der Waals surface area (Å²) in [4.78, 5) is 2.51. The number of likely N-dealkylation sites (tertiary alicyclic amines) is 1. The largest absolute Gasteiger partial charge is 0.387 e. The number of nitrogens with zero attached hydrogens (tertiary/aromatic N) is 1. The molecule has 0 amide bonds. The van der Waals surface area contributed by atoms with Gasteiger partial charge in [-0.3, -0.25) is 4.90 Å². The highest BCUT2D eigenvalue weighted by Gasteiger charge is 2.30. The fraction of sp³-hybridized carbons (Fsp3) is 0.647. The van der Waals surface area contributed by atoms with Crippen molar-refractivity contribution >= 4 is 0 Å². The molecule has 1 saturated heterocycles. The van der Waals surface area contributed by atoms with Gasteiger partial charge in [0.2, 0.25) is 0 Å². The molecule has 1 aliphatic heterocycles. The maximum atomic E-state index is 10.8. The molecule has 0 aromatic heterocycles. The fourth-order valence-electron chi connectivity index (χ4n) is 3.23. The summed E-state index contributed by atoms with van der Waals surface area (Å²) < 4.78 is 0. The van der Waals surface area contributed by atoms with Crippen LogP contribution in [0.15, 0.2) is 30.3 Å². The van der Waals surface area contributed by atoms with Gasteiger partial charge in [0.05, 0.1) is 6.10 Å². The first-order valence-corrected chi connectivity index (χ1v) is 7.67. The van der Waals surface area contributed by atoms with Crippen LogP contribution < -0.4 is 0 Å². The lowest BCUT2D eigenvalue weighted by Gasteiger charge is -2.37. The second-order valence-electron chi connectivity index (χ2n) is 6.04. The average Bonchev–Trinajstić information content (AvgIpc) is 2.68. The molecule has 0 spiro atoms. The minimum Gasteiger partial charge on any atom is -0.387 e. The zero-order valence-electron chi connectivity index (χ0n) is 12.3. The van der Waals surface area contributed by atoms with Crippen molar-refractivity contribution in [1.82, 2.24) is 4.90 Å². The van der Waals surface area contributed by atoms with Crippen LogP contribution in [0.25, 0.3) is 0 Å². The van der Waals surface area contributed by atoms with Crippen LogP contribution >= 0.6 is 0 Å². The molecule has 2 atom stereocenters. The fourth-order valence-corrected chi connectivity index (χ4v) is 3.23. The predicted molar refractivity (Wildman–Crippen MR) is 80.1 cm³/mol. The third kappa shape index (κ3) is 3.80. The minimum absolute atomic E-state index is 0.237. The molecular weight excluding hydrogens is 234 g/mol. The topological polar surface area (TPSA) is 23.5 Å². The van der Waals surface area contributed by atoms with E-state index in [4.69, 9.17) is 0 Å². The predicted octanol–water partition coefficient (Wildman–Crippen LogP) is 3.62. The van der Waals surface area contributed by atoms with Crippen molar-refractivity contribution in [1.29, 1.82) is 0 Å². The first kappa shape index (κ1) is 14.5. The lowest BCUT2D eigenvalue weighted by Crippen LogP contribution is -2.43. The van der Waals surface area contributed by atoms with E-state index in [1.165, 1.54) is 25.7 Å². The van der Waals surface area contributed by atoms with Crippen LogP contribution in [0.4, 0.5) is 0 Å². The Morgan fingerprint density at radius 3 is 2.05 bits per heavy atom. The number of hydrogen-bond acceptors (Lipinski definition) is 2. The van der Waals surface area contributed by atoms with E-state index in [0.29, 0.717) is 5.92 Å². The van der Waals surface area contributed by atoms with Crippen molar-refractivity contribution < 1.29 is 5.11 Å². The number of hydrogen-bond donors (Lipinski definition) is 1. The molecule has 1 aliphatic rings. The minimum atomic E-state index is -0.376. The first-order valence-electron chi connectivity index (χ1n) is 7.67. The monoisotopic (exact) mass is 261 g/mol. The van der Waals surface area contributed by atoms with E-state index >= 15 is 0 Å². The van der Waals surface area contributed by atoms with Gasteiger partial charge in [-0.2, -0.15) is 0 Å². The van der Waals surface area contributed by atoms with E-state index < -0.39 is 0 Å². The Morgan fingerprint density at radius 2 is 1.53 bits per heavy atom. The standard InChI is InChI=1S/C17H27NO/c1-14(2)16(18-12-8-3-4-9-13-18)17(19)15-10-6-5-7-11-15/h5-7,10-11,14,16-17,19H,3-4,8-9,12-13H2,1-2H3. The van der Waals surface area contributed by atoms with Gasteiger partial charge in [0, 0.05) is 6.04 Å². The van der Waals surface area contributed by atoms with Crippen molar-refractivity contribution in [2.45, 2.75) is 51.7 Å². The SMILES string of the molecule is CC(C)C(C(O)c1ccccc1)N1CCCCCC1. The Kier molecular flexibility index (Phi) is 5.41. The molecule has 0 radical (unpaired) electrons. The van der Waals surface area contributed by atoms with E-state index in [9.17, 15) is 5.11 Å². The smallest absolute Gasteiger partial charge is 0.0947 e. The summed E-state index contributed by atoms with van der Waals surface area (Å²) in [6.07, 6.45) is 4.83. The molecule has 19 heavy (non-hydrogen) atoms. The Hall–Kier alpha value is -0.860. The number of aliphatic hydroxyl groups is 1. The summed E-state index contributed by atoms with van der Waals surface area (Å²) in [6.45, 7) is 6.71. The van der Waals surface area contributed by atoms with E-state index in [1.807, 2.05) is 30.3 Å². The lowest BCUT2D eigenvalue weighted by atomic mass is 9.91. The molecule has 2 rings (SSSR count). The van der Waals surface area contributed by atoms with Gasteiger partial charge in [0.1, 0.15) is 0 Å². The lowest BCUT2D eigenvalue weighted by molar-refractivity contribution is 0.0240. The van der Waals surface area contributed by atoms with Gasteiger partial charge in [-0.25, -0.2) is 0 Å². The third-order valence-corrected chi connectivity index (χ3v) is 4.21. The van der Waals surface area contributed by atoms with E-state index in [-0.39, 0.29) is 12.1 Å². The van der Waals surface area contributed by atoms with Gasteiger partial charge in [-0.05, 0) is 37.4 Å². The van der Waals surface area contributed by atoms with Crippen LogP contribution in [0, 0.1) is 5.92 Å². The van der Waals surface area contributed by atoms with Crippen LogP contribution in [0.2, 0.25) is 0 Å². The summed E-state index contributed by atoms with van der Waals surface area (Å²) in [5, 5.41) is 10.8. The van der Waals surface area contributed by atoms with Crippen LogP contribution in [0.1, 0.15) is 51.2 Å². The molecule has 2 nitrogen and oxygen atoms in total. The van der Waals surface area contributed by atoms with Crippen molar-refractivity contribution in [3.05, 3.63) is 35.9 Å². The molecule has 0 saturated carbocycles. The van der Waals surface area contributed by atoms with Crippen molar-refractivity contribution in [3.8, 4) is 0 Å². The molecule has 0 aliphatic carbocycles. The Morgan fingerprint density at radius 1 is 0.947 bits per heavy atom. The zero-order valence-corrected chi connectivity index (χ0v) is 12.3. The number of aliphatic hydroxyl groups excluding tert-OH is 1. The second-order valence-corrected chi connectivity index (χ2v) is 6.04. The van der Waals surface area contributed by atoms with Crippen LogP contribution in [0.3, 0.4) is 0 Å². The van der Waals surface area contributed by atoms with E-state index in [2.05, 4.69) is 18.7 Å². The van der Waals surface area contributed by atoms with Gasteiger partial charge >= 0.3 is 0 Å². The normalized spacial score (nSPS) is 21.1. The Bertz CT molecular complexity index is 355. The van der Waals surface area contributed by atoms with E-state index in [1.54, 1.807) is 0 Å². The molecule has 1 heterocycles. The van der Waals surface area contributed by atoms with E-state index in [0.717, 1.165) is 18.7 Å². The molecule has 2 heteroatoms. The zero-order chi connectivity index (χ0) is 13.7. The summed E-state index contributed by atoms with van der Waals surface area (Å²) in [5.74, 6) is 0.466. The molecule has 0 bridgehead atoms. The second kappa shape index (κ2) is 7.06. The molecular formula is C17H27NO. The highest BCUT2D eigenvalue weighted by atomic mass is 16.3. The third-order valence-electron chi connectivity index (χ3n) is 4.21. The highest BCUT2D eigenvalue weighted by molar-refractivity contribution is 5.19. The Labute approximate surface area is 117 Å². The quantitative estimate of drug-likeness (QED) is 0.895. The summed E-state index contributed by atoms with van der Waals surface area (Å²) >= 11 is 0. The average molecular weight is 261 g/mol.